The van der Waals surface area contributed by atoms with Crippen LogP contribution in [0.2, 0.25) is 0 Å². The van der Waals surface area contributed by atoms with Gasteiger partial charge in [0.05, 0.1) is 25.2 Å². The maximum atomic E-state index is 12.8. The summed E-state index contributed by atoms with van der Waals surface area (Å²) in [5, 5.41) is -0.435. The van der Waals surface area contributed by atoms with Gasteiger partial charge in [-0.05, 0) is 54.2 Å². The summed E-state index contributed by atoms with van der Waals surface area (Å²) < 4.78 is 12.3. The van der Waals surface area contributed by atoms with Gasteiger partial charge < -0.3 is 18.9 Å². The van der Waals surface area contributed by atoms with Gasteiger partial charge in [-0.3, -0.25) is 19.3 Å². The Morgan fingerprint density at radius 2 is 1.90 bits per heavy atom. The predicted molar refractivity (Wildman–Crippen MR) is 112 cm³/mol. The second kappa shape index (κ2) is 8.76. The molecule has 1 aromatic carbocycles. The summed E-state index contributed by atoms with van der Waals surface area (Å²) >= 11 is 0.848. The Morgan fingerprint density at radius 1 is 1.17 bits per heavy atom. The fraction of sp³-hybridized carbons (Fsp3) is 0.286. The topological polar surface area (TPSA) is 81.1 Å². The molecule has 0 spiro atoms. The summed E-state index contributed by atoms with van der Waals surface area (Å²) in [7, 11) is 1.61. The fourth-order valence-electron chi connectivity index (χ4n) is 3.31. The van der Waals surface area contributed by atoms with E-state index in [-0.39, 0.29) is 12.5 Å². The Bertz CT molecular complexity index is 992. The van der Waals surface area contributed by atoms with Gasteiger partial charge in [0.2, 0.25) is 5.91 Å². The number of methoxy groups -OCH3 is 1. The van der Waals surface area contributed by atoms with Crippen molar-refractivity contribution in [3.8, 4) is 11.4 Å². The summed E-state index contributed by atoms with van der Waals surface area (Å²) in [6.45, 7) is 1.63. The van der Waals surface area contributed by atoms with Crippen molar-refractivity contribution < 1.29 is 23.9 Å². The lowest BCUT2D eigenvalue weighted by molar-refractivity contribution is -0.139. The number of amides is 3. The summed E-state index contributed by atoms with van der Waals surface area (Å²) in [5.41, 5.74) is 1.65. The summed E-state index contributed by atoms with van der Waals surface area (Å²) in [6.07, 6.45) is 3.55. The Morgan fingerprint density at radius 3 is 2.60 bits per heavy atom. The van der Waals surface area contributed by atoms with Crippen molar-refractivity contribution in [2.75, 3.05) is 40.0 Å². The van der Waals surface area contributed by atoms with Crippen LogP contribution in [0.15, 0.2) is 47.5 Å². The summed E-state index contributed by atoms with van der Waals surface area (Å²) in [5.74, 6) is 0.0519. The molecule has 30 heavy (non-hydrogen) atoms. The number of nitrogens with zero attached hydrogens (tertiary/aromatic N) is 3. The van der Waals surface area contributed by atoms with Gasteiger partial charge in [-0.25, -0.2) is 0 Å². The molecule has 0 aliphatic carbocycles. The van der Waals surface area contributed by atoms with Crippen LogP contribution >= 0.6 is 11.8 Å². The number of imide groups is 1. The van der Waals surface area contributed by atoms with Gasteiger partial charge in [-0.15, -0.1) is 0 Å². The molecule has 2 aliphatic heterocycles. The van der Waals surface area contributed by atoms with Gasteiger partial charge in [0.25, 0.3) is 11.1 Å². The number of thioether (sulfide) groups is 1. The molecule has 3 heterocycles. The van der Waals surface area contributed by atoms with E-state index >= 15 is 0 Å². The van der Waals surface area contributed by atoms with Crippen molar-refractivity contribution in [3.63, 3.8) is 0 Å². The molecule has 0 atom stereocenters. The average molecular weight is 427 g/mol. The lowest BCUT2D eigenvalue weighted by atomic mass is 10.2. The molecule has 1 aromatic heterocycles. The van der Waals surface area contributed by atoms with E-state index in [9.17, 15) is 14.4 Å². The predicted octanol–water partition coefficient (Wildman–Crippen LogP) is 2.38. The third-order valence-corrected chi connectivity index (χ3v) is 5.85. The lowest BCUT2D eigenvalue weighted by Gasteiger charge is -2.28. The zero-order valence-corrected chi connectivity index (χ0v) is 17.3. The normalized spacial score (nSPS) is 18.4. The monoisotopic (exact) mass is 427 g/mol. The van der Waals surface area contributed by atoms with Crippen LogP contribution in [-0.4, -0.2) is 71.4 Å². The molecular formula is C21H21N3O5S. The maximum Gasteiger partial charge on any atom is 0.294 e. The minimum Gasteiger partial charge on any atom is -0.497 e. The average Bonchev–Trinajstić information content (AvgIpc) is 3.34. The molecule has 9 heteroatoms. The fourth-order valence-corrected chi connectivity index (χ4v) is 4.13. The molecule has 3 amide bonds. The highest BCUT2D eigenvalue weighted by atomic mass is 32.2. The van der Waals surface area contributed by atoms with Gasteiger partial charge in [-0.1, -0.05) is 0 Å². The number of carbonyl (C=O) groups excluding carboxylic acids is 3. The Hall–Kier alpha value is -3.04. The zero-order valence-electron chi connectivity index (χ0n) is 16.4. The first-order valence-corrected chi connectivity index (χ1v) is 10.3. The van der Waals surface area contributed by atoms with Crippen molar-refractivity contribution in [1.82, 2.24) is 14.4 Å². The van der Waals surface area contributed by atoms with Crippen molar-refractivity contribution in [1.29, 1.82) is 0 Å². The molecule has 0 saturated carbocycles. The van der Waals surface area contributed by atoms with Crippen molar-refractivity contribution in [2.45, 2.75) is 0 Å². The van der Waals surface area contributed by atoms with Crippen molar-refractivity contribution >= 4 is 34.9 Å². The number of ether oxygens (including phenoxy) is 2. The van der Waals surface area contributed by atoms with Crippen LogP contribution in [0.25, 0.3) is 11.8 Å². The Labute approximate surface area is 178 Å². The lowest BCUT2D eigenvalue weighted by Crippen LogP contribution is -2.46. The van der Waals surface area contributed by atoms with E-state index in [0.29, 0.717) is 31.2 Å². The number of aromatic nitrogens is 1. The molecule has 0 N–H and O–H groups in total. The van der Waals surface area contributed by atoms with Crippen LogP contribution in [0.3, 0.4) is 0 Å². The number of morpholine rings is 1. The standard InChI is InChI=1S/C21H21N3O5S/c1-28-17-6-4-15(5-7-17)23-8-2-3-16(23)13-18-20(26)24(21(27)30-18)14-19(25)22-9-11-29-12-10-22/h2-8,13H,9-12,14H2,1H3/b18-13+. The van der Waals surface area contributed by atoms with E-state index in [1.807, 2.05) is 47.2 Å². The third-order valence-electron chi connectivity index (χ3n) is 4.94. The van der Waals surface area contributed by atoms with Crippen LogP contribution < -0.4 is 4.74 Å². The molecule has 2 fully saturated rings. The highest BCUT2D eigenvalue weighted by Gasteiger charge is 2.37. The number of carbonyl (C=O) groups is 3. The summed E-state index contributed by atoms with van der Waals surface area (Å²) in [4.78, 5) is 40.5. The number of benzene rings is 1. The van der Waals surface area contributed by atoms with Gasteiger partial charge in [0.1, 0.15) is 12.3 Å². The first-order chi connectivity index (χ1) is 14.6. The van der Waals surface area contributed by atoms with E-state index < -0.39 is 11.1 Å². The molecule has 2 saturated heterocycles. The van der Waals surface area contributed by atoms with Gasteiger partial charge in [-0.2, -0.15) is 0 Å². The Kier molecular flexibility index (Phi) is 5.91. The smallest absolute Gasteiger partial charge is 0.294 e. The first kappa shape index (κ1) is 20.2. The van der Waals surface area contributed by atoms with Crippen molar-refractivity contribution in [2.24, 2.45) is 0 Å². The van der Waals surface area contributed by atoms with Crippen LogP contribution in [0.1, 0.15) is 5.69 Å². The summed E-state index contributed by atoms with van der Waals surface area (Å²) in [6, 6.07) is 11.2. The van der Waals surface area contributed by atoms with E-state index in [1.165, 1.54) is 0 Å². The molecule has 4 rings (SSSR count). The molecule has 0 bridgehead atoms. The second-order valence-electron chi connectivity index (χ2n) is 6.76. The molecular weight excluding hydrogens is 406 g/mol. The maximum absolute atomic E-state index is 12.8. The number of hydrogen-bond donors (Lipinski definition) is 0. The van der Waals surface area contributed by atoms with Crippen molar-refractivity contribution in [3.05, 3.63) is 53.2 Å². The third kappa shape index (κ3) is 4.12. The van der Waals surface area contributed by atoms with Gasteiger partial charge >= 0.3 is 0 Å². The molecule has 156 valence electrons. The van der Waals surface area contributed by atoms with Gasteiger partial charge in [0, 0.05) is 30.7 Å². The first-order valence-electron chi connectivity index (χ1n) is 9.49. The van der Waals surface area contributed by atoms with Crippen LogP contribution in [0, 0.1) is 0 Å². The highest BCUT2D eigenvalue weighted by molar-refractivity contribution is 8.18. The molecule has 0 unspecified atom stereocenters. The van der Waals surface area contributed by atoms with E-state index in [1.54, 1.807) is 18.1 Å². The van der Waals surface area contributed by atoms with E-state index in [0.717, 1.165) is 33.8 Å². The van der Waals surface area contributed by atoms with Crippen LogP contribution in [-0.2, 0) is 14.3 Å². The van der Waals surface area contributed by atoms with E-state index in [4.69, 9.17) is 9.47 Å². The Balaban J connectivity index is 1.51. The molecule has 2 aliphatic rings. The minimum atomic E-state index is -0.450. The van der Waals surface area contributed by atoms with Crippen LogP contribution in [0.4, 0.5) is 4.79 Å². The minimum absolute atomic E-state index is 0.247. The molecule has 2 aromatic rings. The van der Waals surface area contributed by atoms with E-state index in [2.05, 4.69) is 0 Å². The SMILES string of the molecule is COc1ccc(-n2cccc2/C=C2/SC(=O)N(CC(=O)N3CCOCC3)C2=O)cc1. The molecule has 0 radical (unpaired) electrons. The van der Waals surface area contributed by atoms with Gasteiger partial charge in [0.15, 0.2) is 0 Å². The molecule has 8 nitrogen and oxygen atoms in total. The number of rotatable bonds is 5. The largest absolute Gasteiger partial charge is 0.497 e. The van der Waals surface area contributed by atoms with Crippen LogP contribution in [0.5, 0.6) is 5.75 Å². The highest BCUT2D eigenvalue weighted by Crippen LogP contribution is 2.32. The number of hydrogen-bond acceptors (Lipinski definition) is 6. The zero-order chi connectivity index (χ0) is 21.1. The second-order valence-corrected chi connectivity index (χ2v) is 7.76. The quantitative estimate of drug-likeness (QED) is 0.682.